The van der Waals surface area contributed by atoms with Crippen LogP contribution in [0.1, 0.15) is 17.4 Å². The van der Waals surface area contributed by atoms with Crippen molar-refractivity contribution in [3.63, 3.8) is 0 Å². The van der Waals surface area contributed by atoms with Gasteiger partial charge in [-0.3, -0.25) is 0 Å². The number of aliphatic imine (C=N–C) groups is 1. The standard InChI is InChI=1S/C17H23N3S.HI/c1-3-18-17(19-14-15-8-5-4-6-9-15)20(2)12-11-16-10-7-13-21-16;/h4-10,13H,3,11-12,14H2,1-2H3,(H,18,19);1H. The first-order chi connectivity index (χ1) is 10.3. The van der Waals surface area contributed by atoms with Crippen LogP contribution in [0.4, 0.5) is 0 Å². The third kappa shape index (κ3) is 6.36. The van der Waals surface area contributed by atoms with Crippen LogP contribution in [0.3, 0.4) is 0 Å². The summed E-state index contributed by atoms with van der Waals surface area (Å²) in [6.45, 7) is 4.68. The summed E-state index contributed by atoms with van der Waals surface area (Å²) in [7, 11) is 2.10. The summed E-state index contributed by atoms with van der Waals surface area (Å²) in [5, 5.41) is 5.49. The Bertz CT molecular complexity index is 540. The molecule has 22 heavy (non-hydrogen) atoms. The predicted molar refractivity (Wildman–Crippen MR) is 107 cm³/mol. The molecule has 0 amide bonds. The van der Waals surface area contributed by atoms with Gasteiger partial charge in [-0.1, -0.05) is 36.4 Å². The second-order valence-corrected chi connectivity index (χ2v) is 5.94. The van der Waals surface area contributed by atoms with Gasteiger partial charge in [0.15, 0.2) is 5.96 Å². The largest absolute Gasteiger partial charge is 0.357 e. The lowest BCUT2D eigenvalue weighted by Gasteiger charge is -2.21. The molecule has 0 radical (unpaired) electrons. The fourth-order valence-corrected chi connectivity index (χ4v) is 2.76. The van der Waals surface area contributed by atoms with Crippen LogP contribution in [0.2, 0.25) is 0 Å². The van der Waals surface area contributed by atoms with Crippen molar-refractivity contribution >= 4 is 41.3 Å². The number of nitrogens with one attached hydrogen (secondary N) is 1. The lowest BCUT2D eigenvalue weighted by Crippen LogP contribution is -2.39. The zero-order chi connectivity index (χ0) is 14.9. The highest BCUT2D eigenvalue weighted by atomic mass is 127. The Morgan fingerprint density at radius 1 is 1.18 bits per heavy atom. The minimum absolute atomic E-state index is 0. The first-order valence-corrected chi connectivity index (χ1v) is 8.23. The van der Waals surface area contributed by atoms with Gasteiger partial charge in [0.2, 0.25) is 0 Å². The van der Waals surface area contributed by atoms with E-state index in [0.29, 0.717) is 6.54 Å². The number of thiophene rings is 1. The molecule has 0 unspecified atom stereocenters. The van der Waals surface area contributed by atoms with E-state index in [2.05, 4.69) is 66.0 Å². The fourth-order valence-electron chi connectivity index (χ4n) is 2.06. The average molecular weight is 429 g/mol. The van der Waals surface area contributed by atoms with Gasteiger partial charge in [-0.2, -0.15) is 0 Å². The summed E-state index contributed by atoms with van der Waals surface area (Å²) in [5.41, 5.74) is 1.24. The zero-order valence-electron chi connectivity index (χ0n) is 13.2. The Kier molecular flexibility index (Phi) is 9.15. The van der Waals surface area contributed by atoms with Crippen molar-refractivity contribution in [2.75, 3.05) is 20.1 Å². The maximum atomic E-state index is 4.72. The molecule has 0 atom stereocenters. The number of halogens is 1. The van der Waals surface area contributed by atoms with Crippen LogP contribution in [-0.2, 0) is 13.0 Å². The van der Waals surface area contributed by atoms with Crippen LogP contribution in [0.25, 0.3) is 0 Å². The van der Waals surface area contributed by atoms with E-state index in [9.17, 15) is 0 Å². The minimum Gasteiger partial charge on any atom is -0.357 e. The third-order valence-electron chi connectivity index (χ3n) is 3.22. The highest BCUT2D eigenvalue weighted by Crippen LogP contribution is 2.09. The molecule has 3 nitrogen and oxygen atoms in total. The molecule has 0 spiro atoms. The monoisotopic (exact) mass is 429 g/mol. The van der Waals surface area contributed by atoms with E-state index in [1.807, 2.05) is 17.4 Å². The molecular formula is C17H24IN3S. The quantitative estimate of drug-likeness (QED) is 0.427. The van der Waals surface area contributed by atoms with Crippen LogP contribution in [-0.4, -0.2) is 31.0 Å². The maximum Gasteiger partial charge on any atom is 0.193 e. The van der Waals surface area contributed by atoms with Crippen LogP contribution in [0, 0.1) is 0 Å². The summed E-state index contributed by atoms with van der Waals surface area (Å²) in [6, 6.07) is 14.7. The summed E-state index contributed by atoms with van der Waals surface area (Å²) in [6.07, 6.45) is 1.06. The molecular weight excluding hydrogens is 405 g/mol. The number of nitrogens with zero attached hydrogens (tertiary/aromatic N) is 2. The lowest BCUT2D eigenvalue weighted by atomic mass is 10.2. The normalized spacial score (nSPS) is 10.9. The smallest absolute Gasteiger partial charge is 0.193 e. The van der Waals surface area contributed by atoms with Crippen molar-refractivity contribution in [2.24, 2.45) is 4.99 Å². The zero-order valence-corrected chi connectivity index (χ0v) is 16.3. The van der Waals surface area contributed by atoms with Gasteiger partial charge in [0, 0.05) is 25.0 Å². The molecule has 1 N–H and O–H groups in total. The topological polar surface area (TPSA) is 27.6 Å². The number of guanidine groups is 1. The predicted octanol–water partition coefficient (Wildman–Crippen LogP) is 4.01. The van der Waals surface area contributed by atoms with Gasteiger partial charge >= 0.3 is 0 Å². The van der Waals surface area contributed by atoms with Crippen molar-refractivity contribution < 1.29 is 0 Å². The van der Waals surface area contributed by atoms with Gasteiger partial charge in [-0.25, -0.2) is 4.99 Å². The Hall–Kier alpha value is -1.08. The van der Waals surface area contributed by atoms with Crippen molar-refractivity contribution in [3.8, 4) is 0 Å². The number of rotatable bonds is 6. The second-order valence-electron chi connectivity index (χ2n) is 4.91. The van der Waals surface area contributed by atoms with Crippen LogP contribution in [0.15, 0.2) is 52.8 Å². The number of hydrogen-bond donors (Lipinski definition) is 1. The molecule has 2 aromatic rings. The second kappa shape index (κ2) is 10.6. The number of hydrogen-bond acceptors (Lipinski definition) is 2. The minimum atomic E-state index is 0. The molecule has 1 heterocycles. The molecule has 0 aliphatic carbocycles. The summed E-state index contributed by atoms with van der Waals surface area (Å²) in [5.74, 6) is 0.970. The molecule has 120 valence electrons. The molecule has 1 aromatic carbocycles. The van der Waals surface area contributed by atoms with Gasteiger partial charge < -0.3 is 10.2 Å². The van der Waals surface area contributed by atoms with E-state index < -0.39 is 0 Å². The Labute approximate surface area is 154 Å². The Morgan fingerprint density at radius 2 is 1.95 bits per heavy atom. The first-order valence-electron chi connectivity index (χ1n) is 7.35. The van der Waals surface area contributed by atoms with Crippen LogP contribution in [0.5, 0.6) is 0 Å². The van der Waals surface area contributed by atoms with E-state index in [1.54, 1.807) is 0 Å². The van der Waals surface area contributed by atoms with E-state index in [4.69, 9.17) is 4.99 Å². The van der Waals surface area contributed by atoms with Crippen molar-refractivity contribution in [1.29, 1.82) is 0 Å². The SMILES string of the molecule is CCNC(=NCc1ccccc1)N(C)CCc1cccs1.I. The van der Waals surface area contributed by atoms with Gasteiger partial charge in [-0.05, 0) is 30.4 Å². The van der Waals surface area contributed by atoms with E-state index in [-0.39, 0.29) is 24.0 Å². The summed E-state index contributed by atoms with van der Waals surface area (Å²) < 4.78 is 0. The van der Waals surface area contributed by atoms with Gasteiger partial charge in [0.1, 0.15) is 0 Å². The molecule has 1 aromatic heterocycles. The van der Waals surface area contributed by atoms with E-state index in [0.717, 1.165) is 25.5 Å². The highest BCUT2D eigenvalue weighted by Gasteiger charge is 2.06. The number of likely N-dealkylation sites (N-methyl/N-ethyl adjacent to an activating group) is 1. The van der Waals surface area contributed by atoms with E-state index in [1.165, 1.54) is 10.4 Å². The molecule has 0 bridgehead atoms. The van der Waals surface area contributed by atoms with E-state index >= 15 is 0 Å². The van der Waals surface area contributed by atoms with Crippen molar-refractivity contribution in [3.05, 3.63) is 58.3 Å². The molecule has 2 rings (SSSR count). The lowest BCUT2D eigenvalue weighted by molar-refractivity contribution is 0.486. The third-order valence-corrected chi connectivity index (χ3v) is 4.16. The van der Waals surface area contributed by atoms with Gasteiger partial charge in [-0.15, -0.1) is 35.3 Å². The molecule has 0 saturated heterocycles. The summed E-state index contributed by atoms with van der Waals surface area (Å²) in [4.78, 5) is 8.34. The number of benzene rings is 1. The molecule has 0 saturated carbocycles. The maximum absolute atomic E-state index is 4.72. The van der Waals surface area contributed by atoms with Crippen molar-refractivity contribution in [1.82, 2.24) is 10.2 Å². The van der Waals surface area contributed by atoms with Gasteiger partial charge in [0.25, 0.3) is 0 Å². The van der Waals surface area contributed by atoms with Gasteiger partial charge in [0.05, 0.1) is 6.54 Å². The molecule has 5 heteroatoms. The highest BCUT2D eigenvalue weighted by molar-refractivity contribution is 14.0. The van der Waals surface area contributed by atoms with Crippen molar-refractivity contribution in [2.45, 2.75) is 19.9 Å². The Morgan fingerprint density at radius 3 is 2.59 bits per heavy atom. The van der Waals surface area contributed by atoms with Crippen LogP contribution >= 0.6 is 35.3 Å². The van der Waals surface area contributed by atoms with Crippen LogP contribution < -0.4 is 5.32 Å². The fraction of sp³-hybridized carbons (Fsp3) is 0.353. The molecule has 0 fully saturated rings. The molecule has 0 aliphatic heterocycles. The average Bonchev–Trinajstić information content (AvgIpc) is 3.03. The first kappa shape index (κ1) is 19.0. The summed E-state index contributed by atoms with van der Waals surface area (Å²) >= 11 is 1.81. The molecule has 0 aliphatic rings. The Balaban J connectivity index is 0.00000242.